The third-order valence-corrected chi connectivity index (χ3v) is 5.64. The van der Waals surface area contributed by atoms with Crippen LogP contribution in [-0.2, 0) is 11.2 Å². The van der Waals surface area contributed by atoms with Gasteiger partial charge in [-0.3, -0.25) is 14.5 Å². The van der Waals surface area contributed by atoms with Crippen molar-refractivity contribution in [2.24, 2.45) is 0 Å². The van der Waals surface area contributed by atoms with E-state index in [1.165, 1.54) is 0 Å². The second-order valence-corrected chi connectivity index (χ2v) is 7.97. The number of phenolic OH excluding ortho intramolecular Hbond substituents is 1. The molecular formula is C23H22ClNO5S. The summed E-state index contributed by atoms with van der Waals surface area (Å²) in [5.41, 5.74) is 1.27. The maximum absolute atomic E-state index is 12.8. The number of aromatic hydroxyl groups is 1. The van der Waals surface area contributed by atoms with Crippen LogP contribution in [0.25, 0.3) is 6.08 Å². The van der Waals surface area contributed by atoms with E-state index in [1.54, 1.807) is 48.6 Å². The zero-order chi connectivity index (χ0) is 22.4. The number of hydrogen-bond acceptors (Lipinski definition) is 6. The van der Waals surface area contributed by atoms with Gasteiger partial charge in [0.05, 0.1) is 23.1 Å². The summed E-state index contributed by atoms with van der Waals surface area (Å²) in [4.78, 5) is 26.5. The summed E-state index contributed by atoms with van der Waals surface area (Å²) in [5, 5.41) is 10.4. The van der Waals surface area contributed by atoms with Crippen molar-refractivity contribution in [2.45, 2.75) is 13.3 Å². The van der Waals surface area contributed by atoms with Crippen molar-refractivity contribution in [3.8, 4) is 17.2 Å². The van der Waals surface area contributed by atoms with Crippen LogP contribution in [0.1, 0.15) is 18.1 Å². The van der Waals surface area contributed by atoms with Crippen LogP contribution >= 0.6 is 23.4 Å². The fraction of sp³-hybridized carbons (Fsp3) is 0.217. The van der Waals surface area contributed by atoms with Gasteiger partial charge in [-0.05, 0) is 61.0 Å². The van der Waals surface area contributed by atoms with Crippen LogP contribution in [0, 0.1) is 0 Å². The average molecular weight is 460 g/mol. The Hall–Kier alpha value is -2.90. The molecule has 0 unspecified atom stereocenters. The van der Waals surface area contributed by atoms with Crippen molar-refractivity contribution in [3.63, 3.8) is 0 Å². The second kappa shape index (κ2) is 10.4. The van der Waals surface area contributed by atoms with E-state index < -0.39 is 5.91 Å². The topological polar surface area (TPSA) is 76.1 Å². The monoisotopic (exact) mass is 459 g/mol. The molecule has 0 saturated carbocycles. The summed E-state index contributed by atoms with van der Waals surface area (Å²) < 4.78 is 11.1. The van der Waals surface area contributed by atoms with Crippen LogP contribution in [0.3, 0.4) is 0 Å². The van der Waals surface area contributed by atoms with Gasteiger partial charge in [0.1, 0.15) is 12.4 Å². The molecule has 0 aromatic heterocycles. The van der Waals surface area contributed by atoms with Crippen molar-refractivity contribution in [1.29, 1.82) is 0 Å². The van der Waals surface area contributed by atoms with Crippen LogP contribution in [0.4, 0.5) is 4.79 Å². The van der Waals surface area contributed by atoms with Gasteiger partial charge in [-0.2, -0.15) is 0 Å². The second-order valence-electron chi connectivity index (χ2n) is 6.56. The van der Waals surface area contributed by atoms with Gasteiger partial charge in [-0.15, -0.1) is 6.58 Å². The first kappa shape index (κ1) is 22.8. The molecule has 1 saturated heterocycles. The number of ether oxygens (including phenoxy) is 2. The average Bonchev–Trinajstić information content (AvgIpc) is 3.00. The van der Waals surface area contributed by atoms with E-state index >= 15 is 0 Å². The zero-order valence-corrected chi connectivity index (χ0v) is 18.5. The number of phenols is 1. The lowest BCUT2D eigenvalue weighted by molar-refractivity contribution is -0.123. The number of benzene rings is 2. The number of carbonyl (C=O) groups is 2. The molecule has 2 amide bonds. The molecule has 1 aliphatic heterocycles. The number of halogens is 1. The summed E-state index contributed by atoms with van der Waals surface area (Å²) in [5.74, 6) is 0.465. The number of amides is 2. The zero-order valence-electron chi connectivity index (χ0n) is 17.0. The lowest BCUT2D eigenvalue weighted by Gasteiger charge is -2.14. The molecule has 0 atom stereocenters. The van der Waals surface area contributed by atoms with Gasteiger partial charge in [0.2, 0.25) is 0 Å². The van der Waals surface area contributed by atoms with Crippen molar-refractivity contribution in [1.82, 2.24) is 4.90 Å². The number of imide groups is 1. The third-order valence-electron chi connectivity index (χ3n) is 4.42. The fourth-order valence-electron chi connectivity index (χ4n) is 3.00. The number of hydrogen-bond donors (Lipinski definition) is 1. The van der Waals surface area contributed by atoms with Crippen molar-refractivity contribution in [2.75, 3.05) is 19.8 Å². The minimum Gasteiger partial charge on any atom is -0.504 e. The Kier molecular flexibility index (Phi) is 7.65. The van der Waals surface area contributed by atoms with E-state index in [9.17, 15) is 14.7 Å². The molecule has 6 nitrogen and oxygen atoms in total. The maximum atomic E-state index is 12.8. The van der Waals surface area contributed by atoms with Gasteiger partial charge in [-0.25, -0.2) is 0 Å². The molecule has 1 fully saturated rings. The predicted octanol–water partition coefficient (Wildman–Crippen LogP) is 5.29. The Bertz CT molecular complexity index is 1040. The first-order valence-corrected chi connectivity index (χ1v) is 10.9. The molecule has 1 aliphatic rings. The summed E-state index contributed by atoms with van der Waals surface area (Å²) in [7, 11) is 0. The van der Waals surface area contributed by atoms with Crippen LogP contribution in [0.5, 0.6) is 17.2 Å². The molecular weight excluding hydrogens is 438 g/mol. The van der Waals surface area contributed by atoms with E-state index in [1.807, 2.05) is 6.92 Å². The SMILES string of the molecule is C=CCc1cc(/C=C2\SC(=O)N(CCOc3ccccc3Cl)C2=O)cc(OCC)c1O. The summed E-state index contributed by atoms with van der Waals surface area (Å²) >= 11 is 6.91. The maximum Gasteiger partial charge on any atom is 0.293 e. The molecule has 0 radical (unpaired) electrons. The van der Waals surface area contributed by atoms with E-state index in [-0.39, 0.29) is 24.1 Å². The summed E-state index contributed by atoms with van der Waals surface area (Å²) in [6.07, 6.45) is 3.73. The van der Waals surface area contributed by atoms with Gasteiger partial charge in [0.25, 0.3) is 11.1 Å². The molecule has 3 rings (SSSR count). The van der Waals surface area contributed by atoms with Crippen LogP contribution < -0.4 is 9.47 Å². The molecule has 2 aromatic rings. The number of rotatable bonds is 9. The molecule has 162 valence electrons. The number of thioether (sulfide) groups is 1. The van der Waals surface area contributed by atoms with E-state index in [0.717, 1.165) is 16.7 Å². The predicted molar refractivity (Wildman–Crippen MR) is 123 cm³/mol. The normalized spacial score (nSPS) is 14.9. The highest BCUT2D eigenvalue weighted by Gasteiger charge is 2.35. The third kappa shape index (κ3) is 5.42. The number of para-hydroxylation sites is 1. The molecule has 0 aliphatic carbocycles. The Morgan fingerprint density at radius 3 is 2.68 bits per heavy atom. The molecule has 2 aromatic carbocycles. The molecule has 1 N–H and O–H groups in total. The highest BCUT2D eigenvalue weighted by Crippen LogP contribution is 2.36. The molecule has 0 bridgehead atoms. The Balaban J connectivity index is 1.75. The van der Waals surface area contributed by atoms with E-state index in [4.69, 9.17) is 21.1 Å². The first-order chi connectivity index (χ1) is 14.9. The smallest absolute Gasteiger partial charge is 0.293 e. The van der Waals surface area contributed by atoms with Crippen LogP contribution in [-0.4, -0.2) is 40.9 Å². The molecule has 31 heavy (non-hydrogen) atoms. The molecule has 8 heteroatoms. The highest BCUT2D eigenvalue weighted by atomic mass is 35.5. The molecule has 1 heterocycles. The van der Waals surface area contributed by atoms with Crippen LogP contribution in [0.15, 0.2) is 54.0 Å². The lowest BCUT2D eigenvalue weighted by Crippen LogP contribution is -2.32. The highest BCUT2D eigenvalue weighted by molar-refractivity contribution is 8.18. The minimum absolute atomic E-state index is 0.0451. The number of nitrogens with zero attached hydrogens (tertiary/aromatic N) is 1. The minimum atomic E-state index is -0.394. The van der Waals surface area contributed by atoms with Crippen molar-refractivity contribution in [3.05, 3.63) is 70.1 Å². The quantitative estimate of drug-likeness (QED) is 0.405. The van der Waals surface area contributed by atoms with E-state index in [2.05, 4.69) is 6.58 Å². The Morgan fingerprint density at radius 1 is 1.19 bits per heavy atom. The summed E-state index contributed by atoms with van der Waals surface area (Å²) in [6, 6.07) is 10.4. The van der Waals surface area contributed by atoms with Crippen molar-refractivity contribution < 1.29 is 24.2 Å². The van der Waals surface area contributed by atoms with Gasteiger partial charge >= 0.3 is 0 Å². The van der Waals surface area contributed by atoms with Gasteiger partial charge in [0, 0.05) is 5.56 Å². The molecule has 0 spiro atoms. The largest absolute Gasteiger partial charge is 0.504 e. The van der Waals surface area contributed by atoms with E-state index in [0.29, 0.717) is 45.6 Å². The van der Waals surface area contributed by atoms with Crippen LogP contribution in [0.2, 0.25) is 5.02 Å². The summed E-state index contributed by atoms with van der Waals surface area (Å²) in [6.45, 7) is 6.13. The Morgan fingerprint density at radius 2 is 1.97 bits per heavy atom. The number of allylic oxidation sites excluding steroid dienone is 1. The Labute approximate surface area is 190 Å². The lowest BCUT2D eigenvalue weighted by atomic mass is 10.1. The first-order valence-electron chi connectivity index (χ1n) is 9.66. The van der Waals surface area contributed by atoms with Gasteiger partial charge in [-0.1, -0.05) is 29.8 Å². The van der Waals surface area contributed by atoms with Gasteiger partial charge in [0.15, 0.2) is 11.5 Å². The van der Waals surface area contributed by atoms with Gasteiger partial charge < -0.3 is 14.6 Å². The van der Waals surface area contributed by atoms with Crippen molar-refractivity contribution >= 4 is 40.6 Å². The standard InChI is InChI=1S/C23H22ClNO5S/c1-3-7-16-12-15(13-19(21(16)26)29-4-2)14-20-22(27)25(23(28)31-20)10-11-30-18-9-6-5-8-17(18)24/h3,5-6,8-9,12-14,26H,1,4,7,10-11H2,2H3/b20-14-. The fourth-order valence-corrected chi connectivity index (χ4v) is 4.06. The number of carbonyl (C=O) groups excluding carboxylic acids is 2.